The van der Waals surface area contributed by atoms with E-state index in [0.717, 1.165) is 17.8 Å². The van der Waals surface area contributed by atoms with Gasteiger partial charge in [-0.15, -0.1) is 0 Å². The van der Waals surface area contributed by atoms with Gasteiger partial charge in [-0.05, 0) is 35.9 Å². The molecule has 1 aliphatic rings. The first-order valence-electron chi connectivity index (χ1n) is 8.31. The number of benzene rings is 2. The van der Waals surface area contributed by atoms with Crippen LogP contribution in [0, 0.1) is 0 Å². The van der Waals surface area contributed by atoms with E-state index in [4.69, 9.17) is 0 Å². The number of anilines is 1. The average Bonchev–Trinajstić information content (AvgIpc) is 2.62. The lowest BCUT2D eigenvalue weighted by Gasteiger charge is -2.36. The first kappa shape index (κ1) is 18.1. The lowest BCUT2D eigenvalue weighted by atomic mass is 10.1. The number of rotatable bonds is 3. The highest BCUT2D eigenvalue weighted by Crippen LogP contribution is 2.29. The van der Waals surface area contributed by atoms with Gasteiger partial charge in [-0.3, -0.25) is 4.79 Å². The van der Waals surface area contributed by atoms with E-state index in [1.807, 2.05) is 12.1 Å². The number of hydrogen-bond acceptors (Lipinski definition) is 3. The Kier molecular flexibility index (Phi) is 5.06. The second kappa shape index (κ2) is 7.27. The molecule has 0 unspecified atom stereocenters. The van der Waals surface area contributed by atoms with Gasteiger partial charge in [-0.25, -0.2) is 0 Å². The van der Waals surface area contributed by atoms with Crippen LogP contribution in [0.25, 0.3) is 0 Å². The predicted molar refractivity (Wildman–Crippen MR) is 92.0 cm³/mol. The number of piperazine rings is 1. The molecule has 1 saturated heterocycles. The molecule has 26 heavy (non-hydrogen) atoms. The number of nitrogens with zero attached hydrogens (tertiary/aromatic N) is 2. The van der Waals surface area contributed by atoms with Crippen LogP contribution in [0.1, 0.15) is 11.1 Å². The van der Waals surface area contributed by atoms with Crippen LogP contribution in [-0.4, -0.2) is 42.1 Å². The fourth-order valence-corrected chi connectivity index (χ4v) is 3.02. The zero-order chi connectivity index (χ0) is 18.7. The Bertz CT molecular complexity index is 767. The van der Waals surface area contributed by atoms with Gasteiger partial charge in [0.15, 0.2) is 0 Å². The molecule has 1 heterocycles. The number of halogens is 3. The van der Waals surface area contributed by atoms with Crippen LogP contribution in [0.15, 0.2) is 48.5 Å². The average molecular weight is 364 g/mol. The van der Waals surface area contributed by atoms with Crippen molar-refractivity contribution in [2.45, 2.75) is 12.6 Å². The smallest absolute Gasteiger partial charge is 0.416 e. The van der Waals surface area contributed by atoms with Crippen LogP contribution < -0.4 is 4.90 Å². The third-order valence-corrected chi connectivity index (χ3v) is 4.46. The van der Waals surface area contributed by atoms with Gasteiger partial charge in [0.25, 0.3) is 0 Å². The maximum Gasteiger partial charge on any atom is 0.416 e. The Morgan fingerprint density at radius 2 is 1.65 bits per heavy atom. The molecule has 1 N–H and O–H groups in total. The minimum Gasteiger partial charge on any atom is -0.508 e. The SMILES string of the molecule is O=C(Cc1cccc(C(F)(F)F)c1)N1CCN(c2ccc(O)cc2)CC1. The number of phenols is 1. The zero-order valence-electron chi connectivity index (χ0n) is 14.0. The molecule has 2 aromatic rings. The highest BCUT2D eigenvalue weighted by Gasteiger charge is 2.30. The van der Waals surface area contributed by atoms with Crippen molar-refractivity contribution >= 4 is 11.6 Å². The number of amides is 1. The van der Waals surface area contributed by atoms with E-state index < -0.39 is 11.7 Å². The van der Waals surface area contributed by atoms with E-state index in [1.165, 1.54) is 6.07 Å². The maximum absolute atomic E-state index is 12.8. The number of phenolic OH excluding ortho intramolecular Hbond substituents is 1. The summed E-state index contributed by atoms with van der Waals surface area (Å²) in [4.78, 5) is 16.2. The number of carbonyl (C=O) groups excluding carboxylic acids is 1. The number of carbonyl (C=O) groups is 1. The van der Waals surface area contributed by atoms with Gasteiger partial charge in [0.2, 0.25) is 5.91 Å². The van der Waals surface area contributed by atoms with Crippen molar-refractivity contribution in [1.82, 2.24) is 4.90 Å². The van der Waals surface area contributed by atoms with E-state index in [2.05, 4.69) is 4.90 Å². The predicted octanol–water partition coefficient (Wildman–Crippen LogP) is 3.30. The number of hydrogen-bond donors (Lipinski definition) is 1. The van der Waals surface area contributed by atoms with Crippen LogP contribution >= 0.6 is 0 Å². The Morgan fingerprint density at radius 3 is 2.27 bits per heavy atom. The summed E-state index contributed by atoms with van der Waals surface area (Å²) in [6, 6.07) is 11.8. The molecule has 0 radical (unpaired) electrons. The van der Waals surface area contributed by atoms with Crippen LogP contribution in [0.3, 0.4) is 0 Å². The summed E-state index contributed by atoms with van der Waals surface area (Å²) in [5.74, 6) is 0.0262. The van der Waals surface area contributed by atoms with Crippen molar-refractivity contribution in [2.24, 2.45) is 0 Å². The topological polar surface area (TPSA) is 43.8 Å². The molecular formula is C19H19F3N2O2. The van der Waals surface area contributed by atoms with E-state index in [0.29, 0.717) is 31.7 Å². The van der Waals surface area contributed by atoms with Crippen LogP contribution in [0.2, 0.25) is 0 Å². The first-order valence-corrected chi connectivity index (χ1v) is 8.31. The minimum absolute atomic E-state index is 0.0386. The van der Waals surface area contributed by atoms with Gasteiger partial charge in [0, 0.05) is 31.9 Å². The molecule has 0 atom stereocenters. The monoisotopic (exact) mass is 364 g/mol. The van der Waals surface area contributed by atoms with E-state index in [9.17, 15) is 23.1 Å². The first-order chi connectivity index (χ1) is 12.3. The van der Waals surface area contributed by atoms with Gasteiger partial charge in [0.1, 0.15) is 5.75 Å². The number of aromatic hydroxyl groups is 1. The van der Waals surface area contributed by atoms with Gasteiger partial charge in [-0.2, -0.15) is 13.2 Å². The molecule has 138 valence electrons. The molecule has 0 spiro atoms. The van der Waals surface area contributed by atoms with Gasteiger partial charge >= 0.3 is 6.18 Å². The third-order valence-electron chi connectivity index (χ3n) is 4.46. The van der Waals surface area contributed by atoms with Gasteiger partial charge < -0.3 is 14.9 Å². The summed E-state index contributed by atoms with van der Waals surface area (Å²) in [6.07, 6.45) is -4.45. The van der Waals surface area contributed by atoms with Crippen molar-refractivity contribution < 1.29 is 23.1 Å². The molecule has 3 rings (SSSR count). The molecule has 1 aliphatic heterocycles. The van der Waals surface area contributed by atoms with E-state index in [1.54, 1.807) is 23.1 Å². The number of alkyl halides is 3. The van der Waals surface area contributed by atoms with E-state index in [-0.39, 0.29) is 18.1 Å². The summed E-state index contributed by atoms with van der Waals surface area (Å²) in [5, 5.41) is 9.34. The molecule has 7 heteroatoms. The summed E-state index contributed by atoms with van der Waals surface area (Å²) in [6.45, 7) is 2.30. The molecule has 4 nitrogen and oxygen atoms in total. The van der Waals surface area contributed by atoms with Gasteiger partial charge in [-0.1, -0.05) is 18.2 Å². The summed E-state index contributed by atoms with van der Waals surface area (Å²) in [7, 11) is 0. The molecule has 2 aromatic carbocycles. The fourth-order valence-electron chi connectivity index (χ4n) is 3.02. The standard InChI is InChI=1S/C19H19F3N2O2/c20-19(21,22)15-3-1-2-14(12-15)13-18(26)24-10-8-23(9-11-24)16-4-6-17(25)7-5-16/h1-7,12,25H,8-11,13H2. The van der Waals surface area contributed by atoms with Crippen molar-refractivity contribution in [3.05, 3.63) is 59.7 Å². The summed E-state index contributed by atoms with van der Waals surface area (Å²) >= 11 is 0. The molecule has 0 aliphatic carbocycles. The molecule has 1 fully saturated rings. The van der Waals surface area contributed by atoms with Gasteiger partial charge in [0.05, 0.1) is 12.0 Å². The van der Waals surface area contributed by atoms with E-state index >= 15 is 0 Å². The van der Waals surface area contributed by atoms with Crippen LogP contribution in [0.5, 0.6) is 5.75 Å². The lowest BCUT2D eigenvalue weighted by molar-refractivity contribution is -0.138. The Labute approximate surface area is 149 Å². The van der Waals surface area contributed by atoms with Crippen molar-refractivity contribution in [1.29, 1.82) is 0 Å². The van der Waals surface area contributed by atoms with Crippen LogP contribution in [-0.2, 0) is 17.4 Å². The minimum atomic E-state index is -4.41. The highest BCUT2D eigenvalue weighted by atomic mass is 19.4. The van der Waals surface area contributed by atoms with Crippen molar-refractivity contribution in [2.75, 3.05) is 31.1 Å². The Balaban J connectivity index is 1.58. The second-order valence-corrected chi connectivity index (χ2v) is 6.26. The zero-order valence-corrected chi connectivity index (χ0v) is 14.0. The fraction of sp³-hybridized carbons (Fsp3) is 0.316. The largest absolute Gasteiger partial charge is 0.508 e. The highest BCUT2D eigenvalue weighted by molar-refractivity contribution is 5.79. The maximum atomic E-state index is 12.8. The third kappa shape index (κ3) is 4.28. The second-order valence-electron chi connectivity index (χ2n) is 6.26. The van der Waals surface area contributed by atoms with Crippen LogP contribution in [0.4, 0.5) is 18.9 Å². The molecule has 0 aromatic heterocycles. The van der Waals surface area contributed by atoms with Crippen molar-refractivity contribution in [3.63, 3.8) is 0 Å². The summed E-state index contributed by atoms with van der Waals surface area (Å²) in [5.41, 5.74) is 0.596. The Morgan fingerprint density at radius 1 is 1.00 bits per heavy atom. The summed E-state index contributed by atoms with van der Waals surface area (Å²) < 4.78 is 38.3. The van der Waals surface area contributed by atoms with Crippen molar-refractivity contribution in [3.8, 4) is 5.75 Å². The normalized spacial score (nSPS) is 15.2. The molecule has 0 saturated carbocycles. The molecular weight excluding hydrogens is 345 g/mol. The lowest BCUT2D eigenvalue weighted by Crippen LogP contribution is -2.49. The quantitative estimate of drug-likeness (QED) is 0.909. The molecule has 0 bridgehead atoms. The Hall–Kier alpha value is -2.70. The molecule has 1 amide bonds.